The Labute approximate surface area is 627 Å². The number of thiocarbonyl (C=S) groups is 1. The molecule has 44 heteroatoms. The Morgan fingerprint density at radius 1 is 0.371 bits per heavy atom. The molecule has 0 aromatic carbocycles. The molecule has 7 saturated heterocycles. The summed E-state index contributed by atoms with van der Waals surface area (Å²) in [6.45, 7) is -2.32. The Kier molecular flexibility index (Phi) is 39.4. The van der Waals surface area contributed by atoms with E-state index in [-0.39, 0.29) is 68.6 Å². The molecule has 0 radical (unpaired) electrons. The van der Waals surface area contributed by atoms with Crippen LogP contribution in [0.2, 0.25) is 0 Å². The molecule has 25 N–H and O–H groups in total. The monoisotopic (exact) mass is 1620 g/mol. The van der Waals surface area contributed by atoms with Gasteiger partial charge in [0.05, 0.1) is 77.1 Å². The Morgan fingerprint density at radius 3 is 1.02 bits per heavy atom. The third kappa shape index (κ3) is 24.3. The van der Waals surface area contributed by atoms with Crippen LogP contribution in [0.3, 0.4) is 0 Å². The first-order chi connectivity index (χ1) is 50.1. The Hall–Kier alpha value is -0.390. The zero-order valence-electron chi connectivity index (χ0n) is 57.8. The lowest BCUT2D eigenvalue weighted by Gasteiger charge is -2.46. The molecule has 0 aromatic rings. The summed E-state index contributed by atoms with van der Waals surface area (Å²) in [5.41, 5.74) is -4.49. The lowest BCUT2D eigenvalue weighted by Crippen LogP contribution is -2.64. The molecule has 0 aromatic heterocycles. The van der Waals surface area contributed by atoms with Gasteiger partial charge in [0.2, 0.25) is 0 Å². The molecule has 7 aliphatic heterocycles. The number of methoxy groups -OCH3 is 1. The number of hydrogen-bond donors (Lipinski definition) is 25. The molecule has 39 nitrogen and oxygen atoms in total. The summed E-state index contributed by atoms with van der Waals surface area (Å²) in [7, 11) is 1.37. The van der Waals surface area contributed by atoms with Gasteiger partial charge in [0, 0.05) is 57.4 Å². The van der Waals surface area contributed by atoms with Crippen LogP contribution in [0.15, 0.2) is 0 Å². The summed E-state index contributed by atoms with van der Waals surface area (Å²) < 4.78 is 81.4. The molecule has 0 aliphatic carbocycles. The molecule has 7 rings (SSSR count). The Morgan fingerprint density at radius 2 is 0.695 bits per heavy atom. The minimum absolute atomic E-state index is 0.0506. The molecule has 0 spiro atoms. The van der Waals surface area contributed by atoms with Crippen LogP contribution in [-0.2, 0) is 66.3 Å². The van der Waals surface area contributed by atoms with Gasteiger partial charge in [0.25, 0.3) is 0 Å². The van der Waals surface area contributed by atoms with E-state index in [0.29, 0.717) is 37.3 Å². The van der Waals surface area contributed by atoms with E-state index in [9.17, 15) is 117 Å². The van der Waals surface area contributed by atoms with Gasteiger partial charge in [-0.1, -0.05) is 6.92 Å². The molecule has 7 aliphatic rings. The second-order valence-electron chi connectivity index (χ2n) is 26.6. The molecule has 105 heavy (non-hydrogen) atoms. The third-order valence-electron chi connectivity index (χ3n) is 19.0. The van der Waals surface area contributed by atoms with E-state index in [1.54, 1.807) is 6.92 Å². The fraction of sp³-hybridized carbons (Fsp3) is 0.984. The topological polar surface area (TPSA) is 619 Å². The highest BCUT2D eigenvalue weighted by Crippen LogP contribution is 2.38. The fourth-order valence-corrected chi connectivity index (χ4v) is 17.0. The maximum absolute atomic E-state index is 11.3. The van der Waals surface area contributed by atoms with Crippen molar-refractivity contribution in [1.29, 1.82) is 0 Å². The van der Waals surface area contributed by atoms with Crippen LogP contribution < -0.4 is 10.6 Å². The fourth-order valence-electron chi connectivity index (χ4n) is 12.5. The lowest BCUT2D eigenvalue weighted by atomic mass is 9.90. The van der Waals surface area contributed by atoms with E-state index in [1.165, 1.54) is 18.9 Å². The number of aliphatic hydroxyl groups is 23. The summed E-state index contributed by atoms with van der Waals surface area (Å²) in [6, 6.07) is 0. The van der Waals surface area contributed by atoms with Crippen LogP contribution >= 0.6 is 59.3 Å². The van der Waals surface area contributed by atoms with Gasteiger partial charge < -0.3 is 194 Å². The van der Waals surface area contributed by atoms with Gasteiger partial charge >= 0.3 is 0 Å². The molecule has 616 valence electrons. The predicted octanol–water partition coefficient (Wildman–Crippen LogP) is -11.8. The quantitative estimate of drug-likeness (QED) is 0.0200. The maximum atomic E-state index is 11.3. The molecular formula is C61H110N2O37S5. The van der Waals surface area contributed by atoms with E-state index >= 15 is 0 Å². The van der Waals surface area contributed by atoms with Crippen molar-refractivity contribution in [2.75, 3.05) is 128 Å². The van der Waals surface area contributed by atoms with Crippen LogP contribution in [0.25, 0.3) is 0 Å². The average molecular weight is 1620 g/mol. The van der Waals surface area contributed by atoms with E-state index in [1.807, 2.05) is 0 Å². The van der Waals surface area contributed by atoms with E-state index in [0.717, 1.165) is 35.3 Å². The second kappa shape index (κ2) is 45.1. The van der Waals surface area contributed by atoms with Crippen molar-refractivity contribution in [3.63, 3.8) is 0 Å². The first kappa shape index (κ1) is 91.8. The summed E-state index contributed by atoms with van der Waals surface area (Å²) in [5.74, 6) is 1.31. The minimum Gasteiger partial charge on any atom is -0.394 e. The van der Waals surface area contributed by atoms with Gasteiger partial charge in [-0.15, -0.1) is 35.3 Å². The zero-order valence-corrected chi connectivity index (χ0v) is 61.9. The first-order valence-electron chi connectivity index (χ1n) is 34.6. The van der Waals surface area contributed by atoms with Crippen LogP contribution in [0.1, 0.15) is 26.2 Å². The molecule has 0 saturated carbocycles. The van der Waals surface area contributed by atoms with Crippen LogP contribution in [0.4, 0.5) is 0 Å². The van der Waals surface area contributed by atoms with Crippen LogP contribution in [0.5, 0.6) is 0 Å². The standard InChI is InChI=1S/C61H110N2O37S5/c1-25-32(94-53(87-2)43(80)33(25)70)20-102-13-6-62-60(101)63-21-61(22-88-7-3-10-103-57-47(84)40(77)50(29(17-67)95-57)98-54-44(81)37(74)34(71)26(14-64)91-54,23-89-8-4-11-104-58-48(85)41(78)51(30(18-68)96-58)99-55-45(82)38(75)35(72)27(15-65)92-55)24-90-9-5-12-105-59-49(86)42(79)52(31(19-69)97-59)100-56-46(83)39(76)36(73)28(16-66)93-56/h25-59,64-86H,3-24H2,1-2H3,(H2,62,63,101)/t25?,26?,27?,28?,29?,30?,31?,32?,33?,34-,35-,36-,37-,38-,39-,40+,41+,42+,43?,44?,45?,46?,47?,48?,49?,50-,51-,52-,53+,54-,55-,56-,57-,58-,59-,61?/m0/s1. The predicted molar refractivity (Wildman–Crippen MR) is 368 cm³/mol. The van der Waals surface area contributed by atoms with Gasteiger partial charge in [-0.25, -0.2) is 0 Å². The van der Waals surface area contributed by atoms with Crippen molar-refractivity contribution in [3.8, 4) is 0 Å². The van der Waals surface area contributed by atoms with E-state index in [4.69, 9.17) is 78.5 Å². The third-order valence-corrected chi connectivity index (χ3v) is 24.1. The summed E-state index contributed by atoms with van der Waals surface area (Å²) in [6.07, 6.45) is -46.7. The van der Waals surface area contributed by atoms with E-state index in [2.05, 4.69) is 10.6 Å². The van der Waals surface area contributed by atoms with Gasteiger partial charge in [-0.2, -0.15) is 11.8 Å². The van der Waals surface area contributed by atoms with Crippen LogP contribution in [-0.4, -0.2) is 457 Å². The molecular weight excluding hydrogens is 1510 g/mol. The minimum atomic E-state index is -1.86. The van der Waals surface area contributed by atoms with Crippen molar-refractivity contribution < 1.29 is 184 Å². The SMILES string of the molecule is CO[C@@H]1OC(CSCCNC(=S)NCC(COCCCS[C@@H]2OC(CO)[C@H](O[C@@H]3OC(CO)[C@H](O)[C@H](O)C3O)[C@H](O)C2O)(COCCCS[C@@H]2OC(CO)[C@H](O[C@@H]3OC(CO)[C@H](O)[C@H](O)C3O)[C@H](O)C2O)COCCCS[C@@H]2OC(CO)[C@H](O[C@@H]3OC(CO)[C@H](O)[C@H](O)C3O)[C@H](O)C2O)C(C)C(O)C1O. The highest BCUT2D eigenvalue weighted by molar-refractivity contribution is 8.00. The number of ether oxygens (including phenoxy) is 14. The van der Waals surface area contributed by atoms with E-state index < -0.39 is 257 Å². The number of nitrogens with one attached hydrogen (secondary N) is 2. The largest absolute Gasteiger partial charge is 0.394 e. The van der Waals surface area contributed by atoms with Crippen molar-refractivity contribution in [2.24, 2.45) is 11.3 Å². The summed E-state index contributed by atoms with van der Waals surface area (Å²) >= 11 is 10.5. The molecule has 35 atom stereocenters. The van der Waals surface area contributed by atoms with Crippen molar-refractivity contribution >= 4 is 64.4 Å². The Balaban J connectivity index is 0.994. The first-order valence-corrected chi connectivity index (χ1v) is 39.3. The highest BCUT2D eigenvalue weighted by atomic mass is 32.2. The number of aliphatic hydroxyl groups excluding tert-OH is 23. The molecule has 0 bridgehead atoms. The van der Waals surface area contributed by atoms with Crippen molar-refractivity contribution in [2.45, 2.75) is 232 Å². The number of hydrogen-bond acceptors (Lipinski definition) is 42. The van der Waals surface area contributed by atoms with Crippen molar-refractivity contribution in [3.05, 3.63) is 0 Å². The molecule has 16 unspecified atom stereocenters. The molecule has 7 heterocycles. The number of rotatable bonds is 41. The second-order valence-corrected chi connectivity index (χ2v) is 31.8. The Bertz CT molecular complexity index is 2240. The summed E-state index contributed by atoms with van der Waals surface area (Å²) in [4.78, 5) is 0. The van der Waals surface area contributed by atoms with Gasteiger partial charge in [0.1, 0.15) is 169 Å². The van der Waals surface area contributed by atoms with Gasteiger partial charge in [-0.3, -0.25) is 0 Å². The average Bonchev–Trinajstić information content (AvgIpc) is 0.789. The normalized spacial score (nSPS) is 43.3. The van der Waals surface area contributed by atoms with Crippen molar-refractivity contribution in [1.82, 2.24) is 10.6 Å². The smallest absolute Gasteiger partial charge is 0.187 e. The maximum Gasteiger partial charge on any atom is 0.187 e. The lowest BCUT2D eigenvalue weighted by molar-refractivity contribution is -0.338. The van der Waals surface area contributed by atoms with Crippen LogP contribution in [0, 0.1) is 11.3 Å². The van der Waals surface area contributed by atoms with Gasteiger partial charge in [0.15, 0.2) is 30.3 Å². The molecule has 7 fully saturated rings. The number of thioether (sulfide) groups is 4. The molecule has 0 amide bonds. The summed E-state index contributed by atoms with van der Waals surface area (Å²) in [5, 5.41) is 248. The zero-order chi connectivity index (χ0) is 77.0. The highest BCUT2D eigenvalue weighted by Gasteiger charge is 2.55. The van der Waals surface area contributed by atoms with Gasteiger partial charge in [-0.05, 0) is 48.7 Å².